The minimum Gasteiger partial charge on any atom is -0.389 e. The van der Waals surface area contributed by atoms with Crippen LogP contribution in [0.15, 0.2) is 0 Å². The normalized spacial score (nSPS) is 47.6. The van der Waals surface area contributed by atoms with Crippen molar-refractivity contribution in [3.63, 3.8) is 0 Å². The van der Waals surface area contributed by atoms with Crippen LogP contribution in [0.25, 0.3) is 0 Å². The van der Waals surface area contributed by atoms with Gasteiger partial charge in [0.15, 0.2) is 0 Å². The Bertz CT molecular complexity index is 90.5. The van der Waals surface area contributed by atoms with Gasteiger partial charge in [-0.05, 0) is 18.6 Å². The van der Waals surface area contributed by atoms with Gasteiger partial charge < -0.3 is 5.11 Å². The van der Waals surface area contributed by atoms with Crippen LogP contribution in [0.3, 0.4) is 0 Å². The first kappa shape index (κ1) is 6.43. The van der Waals surface area contributed by atoms with Crippen molar-refractivity contribution in [2.24, 2.45) is 5.92 Å². The summed E-state index contributed by atoms with van der Waals surface area (Å²) < 4.78 is 0. The average molecular weight is 132 g/mol. The second-order valence-corrected chi connectivity index (χ2v) is 3.80. The van der Waals surface area contributed by atoms with Crippen molar-refractivity contribution in [1.82, 2.24) is 0 Å². The van der Waals surface area contributed by atoms with Gasteiger partial charge in [-0.25, -0.2) is 0 Å². The van der Waals surface area contributed by atoms with Gasteiger partial charge in [-0.2, -0.15) is 11.8 Å². The summed E-state index contributed by atoms with van der Waals surface area (Å²) in [5.74, 6) is 2.51. The van der Waals surface area contributed by atoms with Crippen molar-refractivity contribution in [2.75, 3.05) is 11.5 Å². The van der Waals surface area contributed by atoms with E-state index in [1.54, 1.807) is 0 Å². The van der Waals surface area contributed by atoms with Gasteiger partial charge in [-0.15, -0.1) is 0 Å². The van der Waals surface area contributed by atoms with E-state index in [1.165, 1.54) is 0 Å². The Hall–Kier alpha value is 0.310. The summed E-state index contributed by atoms with van der Waals surface area (Å²) in [7, 11) is 0. The van der Waals surface area contributed by atoms with Crippen molar-refractivity contribution in [2.45, 2.75) is 19.4 Å². The van der Waals surface area contributed by atoms with Gasteiger partial charge in [0, 0.05) is 5.75 Å². The number of hydrogen-bond donors (Lipinski definition) is 1. The molecule has 8 heavy (non-hydrogen) atoms. The molecule has 1 heterocycles. The van der Waals surface area contributed by atoms with Gasteiger partial charge >= 0.3 is 0 Å². The van der Waals surface area contributed by atoms with Crippen molar-refractivity contribution in [3.05, 3.63) is 0 Å². The van der Waals surface area contributed by atoms with E-state index in [0.29, 0.717) is 5.92 Å². The number of hydrogen-bond acceptors (Lipinski definition) is 2. The lowest BCUT2D eigenvalue weighted by molar-refractivity contribution is 0.0469. The maximum absolute atomic E-state index is 9.44. The Morgan fingerprint density at radius 2 is 2.38 bits per heavy atom. The third-order valence-corrected chi connectivity index (χ3v) is 3.35. The molecule has 0 aromatic heterocycles. The SMILES string of the molecule is C[C@H]1CSC[C@]1(C)O. The molecule has 48 valence electrons. The van der Waals surface area contributed by atoms with Gasteiger partial charge in [0.05, 0.1) is 5.60 Å². The van der Waals surface area contributed by atoms with Crippen LogP contribution in [0.2, 0.25) is 0 Å². The summed E-state index contributed by atoms with van der Waals surface area (Å²) in [6, 6.07) is 0. The highest BCUT2D eigenvalue weighted by Gasteiger charge is 2.33. The molecule has 0 aliphatic carbocycles. The van der Waals surface area contributed by atoms with E-state index in [1.807, 2.05) is 18.7 Å². The van der Waals surface area contributed by atoms with E-state index in [0.717, 1.165) is 11.5 Å². The molecule has 1 nitrogen and oxygen atoms in total. The number of thioether (sulfide) groups is 1. The van der Waals surface area contributed by atoms with Crippen molar-refractivity contribution < 1.29 is 5.11 Å². The highest BCUT2D eigenvalue weighted by molar-refractivity contribution is 7.99. The Morgan fingerprint density at radius 3 is 2.50 bits per heavy atom. The molecule has 1 rings (SSSR count). The second kappa shape index (κ2) is 1.92. The zero-order valence-electron chi connectivity index (χ0n) is 5.35. The Balaban J connectivity index is 2.54. The highest BCUT2D eigenvalue weighted by atomic mass is 32.2. The molecule has 0 amide bonds. The van der Waals surface area contributed by atoms with E-state index in [-0.39, 0.29) is 5.60 Å². The second-order valence-electron chi connectivity index (χ2n) is 2.77. The smallest absolute Gasteiger partial charge is 0.0743 e. The first-order chi connectivity index (χ1) is 3.63. The van der Waals surface area contributed by atoms with E-state index in [9.17, 15) is 5.11 Å². The molecule has 0 radical (unpaired) electrons. The fraction of sp³-hybridized carbons (Fsp3) is 1.00. The zero-order chi connectivity index (χ0) is 6.20. The predicted octanol–water partition coefficient (Wildman–Crippen LogP) is 1.12. The fourth-order valence-corrected chi connectivity index (χ4v) is 2.29. The molecular formula is C6H12OS. The molecule has 1 fully saturated rings. The maximum atomic E-state index is 9.44. The molecule has 2 atom stereocenters. The lowest BCUT2D eigenvalue weighted by Crippen LogP contribution is -2.30. The van der Waals surface area contributed by atoms with Crippen molar-refractivity contribution in [1.29, 1.82) is 0 Å². The van der Waals surface area contributed by atoms with Crippen LogP contribution >= 0.6 is 11.8 Å². The minimum atomic E-state index is -0.384. The molecular weight excluding hydrogens is 120 g/mol. The Labute approximate surface area is 54.5 Å². The molecule has 0 aromatic carbocycles. The van der Waals surface area contributed by atoms with Gasteiger partial charge in [-0.3, -0.25) is 0 Å². The Morgan fingerprint density at radius 1 is 1.75 bits per heavy atom. The average Bonchev–Trinajstić information content (AvgIpc) is 1.86. The van der Waals surface area contributed by atoms with E-state index in [2.05, 4.69) is 6.92 Å². The van der Waals surface area contributed by atoms with Crippen LogP contribution in [0, 0.1) is 5.92 Å². The molecule has 0 unspecified atom stereocenters. The summed E-state index contributed by atoms with van der Waals surface area (Å²) in [5.41, 5.74) is -0.384. The first-order valence-electron chi connectivity index (χ1n) is 2.93. The summed E-state index contributed by atoms with van der Waals surface area (Å²) >= 11 is 1.84. The summed E-state index contributed by atoms with van der Waals surface area (Å²) in [6.45, 7) is 4.01. The quantitative estimate of drug-likeness (QED) is 0.533. The van der Waals surface area contributed by atoms with Gasteiger partial charge in [0.2, 0.25) is 0 Å². The summed E-state index contributed by atoms with van der Waals surface area (Å²) in [6.07, 6.45) is 0. The fourth-order valence-electron chi connectivity index (χ4n) is 0.764. The third-order valence-electron chi connectivity index (χ3n) is 1.82. The number of aliphatic hydroxyl groups is 1. The zero-order valence-corrected chi connectivity index (χ0v) is 6.16. The highest BCUT2D eigenvalue weighted by Crippen LogP contribution is 2.32. The third kappa shape index (κ3) is 1.00. The molecule has 0 spiro atoms. The van der Waals surface area contributed by atoms with Crippen LogP contribution in [-0.2, 0) is 0 Å². The largest absolute Gasteiger partial charge is 0.389 e. The topological polar surface area (TPSA) is 20.2 Å². The van der Waals surface area contributed by atoms with Crippen LogP contribution in [0.5, 0.6) is 0 Å². The molecule has 1 saturated heterocycles. The lowest BCUT2D eigenvalue weighted by atomic mass is 9.95. The van der Waals surface area contributed by atoms with E-state index >= 15 is 0 Å². The number of rotatable bonds is 0. The maximum Gasteiger partial charge on any atom is 0.0743 e. The molecule has 1 N–H and O–H groups in total. The first-order valence-corrected chi connectivity index (χ1v) is 4.08. The van der Waals surface area contributed by atoms with E-state index in [4.69, 9.17) is 0 Å². The minimum absolute atomic E-state index is 0.384. The monoisotopic (exact) mass is 132 g/mol. The molecule has 0 bridgehead atoms. The molecule has 1 aliphatic heterocycles. The van der Waals surface area contributed by atoms with Crippen LogP contribution in [0.4, 0.5) is 0 Å². The Kier molecular flexibility index (Phi) is 1.54. The lowest BCUT2D eigenvalue weighted by Gasteiger charge is -2.19. The van der Waals surface area contributed by atoms with Crippen molar-refractivity contribution in [3.8, 4) is 0 Å². The van der Waals surface area contributed by atoms with Gasteiger partial charge in [0.1, 0.15) is 0 Å². The molecule has 0 saturated carbocycles. The van der Waals surface area contributed by atoms with E-state index < -0.39 is 0 Å². The molecule has 2 heteroatoms. The summed E-state index contributed by atoms with van der Waals surface area (Å²) in [4.78, 5) is 0. The predicted molar refractivity (Wildman–Crippen MR) is 37.1 cm³/mol. The molecule has 0 aromatic rings. The summed E-state index contributed by atoms with van der Waals surface area (Å²) in [5, 5.41) is 9.44. The van der Waals surface area contributed by atoms with Crippen molar-refractivity contribution >= 4 is 11.8 Å². The van der Waals surface area contributed by atoms with Crippen LogP contribution in [-0.4, -0.2) is 22.2 Å². The molecule has 1 aliphatic rings. The van der Waals surface area contributed by atoms with Crippen LogP contribution < -0.4 is 0 Å². The van der Waals surface area contributed by atoms with Gasteiger partial charge in [0.25, 0.3) is 0 Å². The van der Waals surface area contributed by atoms with Gasteiger partial charge in [-0.1, -0.05) is 6.92 Å². The standard InChI is InChI=1S/C6H12OS/c1-5-3-8-4-6(5,2)7/h5,7H,3-4H2,1-2H3/t5-,6-/m0/s1. The van der Waals surface area contributed by atoms with Crippen LogP contribution in [0.1, 0.15) is 13.8 Å².